The monoisotopic (exact) mass is 428 g/mol. The molecule has 2 aromatic carbocycles. The van der Waals surface area contributed by atoms with Crippen molar-refractivity contribution in [3.63, 3.8) is 0 Å². The number of anilines is 1. The summed E-state index contributed by atoms with van der Waals surface area (Å²) in [4.78, 5) is 22.1. The SMILES string of the molecule is CN(c1ncnc2oc(-c3ccc([N+](=O)[O-])cc3)c(-c3ccccc3)c12)C1CCCCC1. The Labute approximate surface area is 185 Å². The average Bonchev–Trinajstić information content (AvgIpc) is 3.24. The molecule has 0 bridgehead atoms. The first-order valence-electron chi connectivity index (χ1n) is 10.9. The third kappa shape index (κ3) is 3.60. The van der Waals surface area contributed by atoms with Gasteiger partial charge in [-0.1, -0.05) is 49.6 Å². The van der Waals surface area contributed by atoms with Crippen LogP contribution < -0.4 is 4.90 Å². The summed E-state index contributed by atoms with van der Waals surface area (Å²) in [6.07, 6.45) is 7.59. The van der Waals surface area contributed by atoms with Gasteiger partial charge in [-0.2, -0.15) is 0 Å². The molecule has 0 amide bonds. The maximum absolute atomic E-state index is 11.1. The molecule has 162 valence electrons. The van der Waals surface area contributed by atoms with Crippen molar-refractivity contribution in [2.45, 2.75) is 38.1 Å². The van der Waals surface area contributed by atoms with Crippen molar-refractivity contribution in [1.82, 2.24) is 9.97 Å². The zero-order valence-electron chi connectivity index (χ0n) is 17.9. The van der Waals surface area contributed by atoms with Crippen molar-refractivity contribution >= 4 is 22.6 Å². The van der Waals surface area contributed by atoms with Gasteiger partial charge in [-0.25, -0.2) is 9.97 Å². The summed E-state index contributed by atoms with van der Waals surface area (Å²) in [5, 5.41) is 12.0. The first-order chi connectivity index (χ1) is 15.6. The van der Waals surface area contributed by atoms with Crippen LogP contribution in [-0.4, -0.2) is 28.0 Å². The number of non-ortho nitro benzene ring substituents is 1. The number of rotatable bonds is 5. The van der Waals surface area contributed by atoms with Gasteiger partial charge in [-0.15, -0.1) is 0 Å². The minimum Gasteiger partial charge on any atom is -0.437 e. The van der Waals surface area contributed by atoms with Gasteiger partial charge in [0.05, 0.1) is 10.3 Å². The molecule has 2 heterocycles. The molecule has 0 radical (unpaired) electrons. The average molecular weight is 428 g/mol. The zero-order chi connectivity index (χ0) is 22.1. The van der Waals surface area contributed by atoms with Crippen molar-refractivity contribution in [3.8, 4) is 22.5 Å². The number of nitro groups is 1. The Kier molecular flexibility index (Phi) is 5.31. The van der Waals surface area contributed by atoms with Crippen molar-refractivity contribution in [2.75, 3.05) is 11.9 Å². The molecule has 2 aromatic heterocycles. The minimum atomic E-state index is -0.400. The van der Waals surface area contributed by atoms with E-state index in [0.29, 0.717) is 17.5 Å². The first-order valence-corrected chi connectivity index (χ1v) is 10.9. The predicted octanol–water partition coefficient (Wildman–Crippen LogP) is 6.23. The second kappa shape index (κ2) is 8.42. The lowest BCUT2D eigenvalue weighted by molar-refractivity contribution is -0.384. The lowest BCUT2D eigenvalue weighted by Crippen LogP contribution is -2.34. The predicted molar refractivity (Wildman–Crippen MR) is 125 cm³/mol. The molecule has 1 aliphatic carbocycles. The van der Waals surface area contributed by atoms with Crippen LogP contribution in [0.15, 0.2) is 65.3 Å². The summed E-state index contributed by atoms with van der Waals surface area (Å²) in [6, 6.07) is 16.9. The van der Waals surface area contributed by atoms with Gasteiger partial charge in [0.1, 0.15) is 17.9 Å². The fourth-order valence-electron chi connectivity index (χ4n) is 4.64. The van der Waals surface area contributed by atoms with E-state index in [9.17, 15) is 10.1 Å². The van der Waals surface area contributed by atoms with E-state index in [4.69, 9.17) is 4.42 Å². The number of hydrogen-bond donors (Lipinski definition) is 0. The molecule has 4 aromatic rings. The van der Waals surface area contributed by atoms with Gasteiger partial charge in [-0.3, -0.25) is 10.1 Å². The highest BCUT2D eigenvalue weighted by molar-refractivity contribution is 6.06. The third-order valence-corrected chi connectivity index (χ3v) is 6.33. The molecule has 0 atom stereocenters. The molecule has 1 saturated carbocycles. The summed E-state index contributed by atoms with van der Waals surface area (Å²) in [5.74, 6) is 1.50. The first kappa shape index (κ1) is 20.2. The van der Waals surface area contributed by atoms with E-state index in [0.717, 1.165) is 40.7 Å². The zero-order valence-corrected chi connectivity index (χ0v) is 17.9. The summed E-state index contributed by atoms with van der Waals surface area (Å²) in [6.45, 7) is 0. The second-order valence-electron chi connectivity index (χ2n) is 8.26. The van der Waals surface area contributed by atoms with Crippen LogP contribution in [0, 0.1) is 10.1 Å². The van der Waals surface area contributed by atoms with Gasteiger partial charge >= 0.3 is 0 Å². The molecule has 7 heteroatoms. The van der Waals surface area contributed by atoms with Crippen LogP contribution in [-0.2, 0) is 0 Å². The second-order valence-corrected chi connectivity index (χ2v) is 8.26. The molecule has 0 unspecified atom stereocenters. The largest absolute Gasteiger partial charge is 0.437 e. The van der Waals surface area contributed by atoms with Gasteiger partial charge < -0.3 is 9.32 Å². The maximum Gasteiger partial charge on any atom is 0.269 e. The van der Waals surface area contributed by atoms with Gasteiger partial charge in [0, 0.05) is 36.3 Å². The van der Waals surface area contributed by atoms with Crippen molar-refractivity contribution < 1.29 is 9.34 Å². The number of furan rings is 1. The van der Waals surface area contributed by atoms with Gasteiger partial charge in [0.2, 0.25) is 5.71 Å². The molecule has 1 fully saturated rings. The summed E-state index contributed by atoms with van der Waals surface area (Å²) in [7, 11) is 2.10. The normalized spacial score (nSPS) is 14.5. The lowest BCUT2D eigenvalue weighted by atomic mass is 9.94. The Morgan fingerprint density at radius 1 is 0.969 bits per heavy atom. The molecule has 32 heavy (non-hydrogen) atoms. The molecule has 0 spiro atoms. The van der Waals surface area contributed by atoms with Crippen LogP contribution in [0.4, 0.5) is 11.5 Å². The van der Waals surface area contributed by atoms with Gasteiger partial charge in [0.15, 0.2) is 0 Å². The third-order valence-electron chi connectivity index (χ3n) is 6.33. The Morgan fingerprint density at radius 2 is 1.69 bits per heavy atom. The quantitative estimate of drug-likeness (QED) is 0.276. The van der Waals surface area contributed by atoms with Gasteiger partial charge in [-0.05, 0) is 30.5 Å². The fraction of sp³-hybridized carbons (Fsp3) is 0.280. The van der Waals surface area contributed by atoms with Gasteiger partial charge in [0.25, 0.3) is 5.69 Å². The number of aromatic nitrogens is 2. The maximum atomic E-state index is 11.1. The molecule has 7 nitrogen and oxygen atoms in total. The molecule has 0 aliphatic heterocycles. The minimum absolute atomic E-state index is 0.0450. The Balaban J connectivity index is 1.72. The van der Waals surface area contributed by atoms with Crippen molar-refractivity contribution in [1.29, 1.82) is 0 Å². The molecular weight excluding hydrogens is 404 g/mol. The fourth-order valence-corrected chi connectivity index (χ4v) is 4.64. The van der Waals surface area contributed by atoms with E-state index in [1.807, 2.05) is 30.3 Å². The van der Waals surface area contributed by atoms with E-state index < -0.39 is 4.92 Å². The number of hydrogen-bond acceptors (Lipinski definition) is 6. The van der Waals surface area contributed by atoms with E-state index in [1.165, 1.54) is 31.4 Å². The standard InChI is InChI=1S/C25H24N4O3/c1-28(19-10-6-3-7-11-19)24-22-21(17-8-4-2-5-9-17)23(32-25(22)27-16-26-24)18-12-14-20(15-13-18)29(30)31/h2,4-5,8-9,12-16,19H,3,6-7,10-11H2,1H3. The molecular formula is C25H24N4O3. The Morgan fingerprint density at radius 3 is 2.38 bits per heavy atom. The number of nitro benzene ring substituents is 1. The van der Waals surface area contributed by atoms with E-state index in [1.54, 1.807) is 18.5 Å². The highest BCUT2D eigenvalue weighted by atomic mass is 16.6. The highest BCUT2D eigenvalue weighted by Crippen LogP contribution is 2.44. The van der Waals surface area contributed by atoms with E-state index >= 15 is 0 Å². The Hall–Kier alpha value is -3.74. The topological polar surface area (TPSA) is 85.3 Å². The number of nitrogens with zero attached hydrogens (tertiary/aromatic N) is 4. The van der Waals surface area contributed by atoms with Crippen LogP contribution >= 0.6 is 0 Å². The lowest BCUT2D eigenvalue weighted by Gasteiger charge is -2.32. The van der Waals surface area contributed by atoms with Crippen LogP contribution in [0.2, 0.25) is 0 Å². The molecule has 5 rings (SSSR count). The van der Waals surface area contributed by atoms with E-state index in [-0.39, 0.29) is 5.69 Å². The van der Waals surface area contributed by atoms with Crippen molar-refractivity contribution in [2.24, 2.45) is 0 Å². The molecule has 0 saturated heterocycles. The van der Waals surface area contributed by atoms with Crippen molar-refractivity contribution in [3.05, 3.63) is 71.0 Å². The van der Waals surface area contributed by atoms with Crippen LogP contribution in [0.5, 0.6) is 0 Å². The number of benzene rings is 2. The van der Waals surface area contributed by atoms with Crippen LogP contribution in [0.3, 0.4) is 0 Å². The van der Waals surface area contributed by atoms with Crippen LogP contribution in [0.1, 0.15) is 32.1 Å². The smallest absolute Gasteiger partial charge is 0.269 e. The summed E-state index contributed by atoms with van der Waals surface area (Å²) < 4.78 is 6.27. The summed E-state index contributed by atoms with van der Waals surface area (Å²) in [5.41, 5.74) is 3.23. The highest BCUT2D eigenvalue weighted by Gasteiger charge is 2.27. The summed E-state index contributed by atoms with van der Waals surface area (Å²) >= 11 is 0. The molecule has 0 N–H and O–H groups in total. The van der Waals surface area contributed by atoms with Crippen LogP contribution in [0.25, 0.3) is 33.6 Å². The molecule has 1 aliphatic rings. The number of fused-ring (bicyclic) bond motifs is 1. The van der Waals surface area contributed by atoms with E-state index in [2.05, 4.69) is 21.9 Å². The Bertz CT molecular complexity index is 1250.